The van der Waals surface area contributed by atoms with Gasteiger partial charge in [0, 0.05) is 19.0 Å². The molecule has 126 valence electrons. The van der Waals surface area contributed by atoms with Crippen molar-refractivity contribution < 1.29 is 4.79 Å². The smallest absolute Gasteiger partial charge is 0.272 e. The molecule has 4 rings (SSSR count). The number of rotatable bonds is 2. The molecule has 0 bridgehead atoms. The third-order valence-electron chi connectivity index (χ3n) is 5.61. The first-order chi connectivity index (χ1) is 12.1. The van der Waals surface area contributed by atoms with E-state index in [4.69, 9.17) is 5.26 Å². The monoisotopic (exact) mass is 334 g/mol. The van der Waals surface area contributed by atoms with Crippen molar-refractivity contribution in [2.24, 2.45) is 5.41 Å². The van der Waals surface area contributed by atoms with Gasteiger partial charge >= 0.3 is 0 Å². The van der Waals surface area contributed by atoms with Gasteiger partial charge in [-0.15, -0.1) is 0 Å². The number of benzene rings is 1. The maximum atomic E-state index is 12.8. The number of likely N-dealkylation sites (tertiary alicyclic amines) is 1. The molecule has 1 aromatic carbocycles. The van der Waals surface area contributed by atoms with Gasteiger partial charge in [-0.3, -0.25) is 14.6 Å². The van der Waals surface area contributed by atoms with Crippen molar-refractivity contribution in [2.75, 3.05) is 13.1 Å². The molecule has 1 aliphatic heterocycles. The van der Waals surface area contributed by atoms with Crippen molar-refractivity contribution in [1.82, 2.24) is 14.9 Å². The fourth-order valence-corrected chi connectivity index (χ4v) is 4.17. The molecule has 1 saturated carbocycles. The summed E-state index contributed by atoms with van der Waals surface area (Å²) in [6, 6.07) is 9.82. The van der Waals surface area contributed by atoms with Crippen LogP contribution in [0.15, 0.2) is 41.5 Å². The van der Waals surface area contributed by atoms with Gasteiger partial charge in [0.05, 0.1) is 24.0 Å². The molecule has 1 amide bonds. The Bertz CT molecular complexity index is 906. The van der Waals surface area contributed by atoms with Gasteiger partial charge in [-0.1, -0.05) is 18.6 Å². The molecule has 2 aliphatic rings. The van der Waals surface area contributed by atoms with Crippen molar-refractivity contribution >= 4 is 5.91 Å². The number of H-pyrrole nitrogens is 1. The molecule has 25 heavy (non-hydrogen) atoms. The summed E-state index contributed by atoms with van der Waals surface area (Å²) in [6.45, 7) is 1.33. The third-order valence-corrected chi connectivity index (χ3v) is 5.61. The minimum absolute atomic E-state index is 0.117. The Morgan fingerprint density at radius 3 is 2.64 bits per heavy atom. The Labute approximate surface area is 145 Å². The van der Waals surface area contributed by atoms with Crippen LogP contribution in [0, 0.1) is 16.7 Å². The molecule has 2 heterocycles. The Morgan fingerprint density at radius 1 is 1.28 bits per heavy atom. The summed E-state index contributed by atoms with van der Waals surface area (Å²) in [7, 11) is 0. The molecular weight excluding hydrogens is 316 g/mol. The van der Waals surface area contributed by atoms with Crippen LogP contribution in [-0.2, 0) is 0 Å². The molecule has 0 unspecified atom stereocenters. The number of amides is 1. The summed E-state index contributed by atoms with van der Waals surface area (Å²) >= 11 is 0. The van der Waals surface area contributed by atoms with Crippen LogP contribution in [-0.4, -0.2) is 33.9 Å². The predicted molar refractivity (Wildman–Crippen MR) is 90.9 cm³/mol. The van der Waals surface area contributed by atoms with Crippen LogP contribution in [0.2, 0.25) is 0 Å². The first-order valence-electron chi connectivity index (χ1n) is 8.45. The molecule has 6 heteroatoms. The van der Waals surface area contributed by atoms with Crippen molar-refractivity contribution in [1.29, 1.82) is 5.26 Å². The average Bonchev–Trinajstić information content (AvgIpc) is 3.02. The molecular formula is C19H18N4O2. The van der Waals surface area contributed by atoms with E-state index in [9.17, 15) is 9.59 Å². The van der Waals surface area contributed by atoms with Crippen LogP contribution in [0.4, 0.5) is 0 Å². The molecule has 1 aromatic heterocycles. The second-order valence-electron chi connectivity index (χ2n) is 7.00. The number of nitriles is 1. The van der Waals surface area contributed by atoms with E-state index in [1.807, 2.05) is 29.2 Å². The van der Waals surface area contributed by atoms with Crippen LogP contribution in [0.1, 0.15) is 46.8 Å². The molecule has 2 aromatic rings. The molecule has 1 atom stereocenters. The highest BCUT2D eigenvalue weighted by molar-refractivity contribution is 5.92. The summed E-state index contributed by atoms with van der Waals surface area (Å²) in [4.78, 5) is 32.4. The van der Waals surface area contributed by atoms with Crippen LogP contribution < -0.4 is 5.56 Å². The molecule has 6 nitrogen and oxygen atoms in total. The number of carbonyl (C=O) groups is 1. The quantitative estimate of drug-likeness (QED) is 0.910. The molecule has 1 spiro atoms. The lowest BCUT2D eigenvalue weighted by atomic mass is 9.61. The van der Waals surface area contributed by atoms with Crippen LogP contribution >= 0.6 is 0 Å². The van der Waals surface area contributed by atoms with E-state index >= 15 is 0 Å². The number of aromatic amines is 1. The molecule has 1 N–H and O–H groups in total. The standard InChI is InChI=1S/C19H18N4O2/c20-8-13-2-4-14(5-3-13)15-11-23(12-19(15)6-1-7-19)18(25)16-9-21-10-17(24)22-16/h2-5,9-10,15H,1,6-7,11-12H2,(H,22,24)/t15-/m0/s1. The van der Waals surface area contributed by atoms with E-state index in [0.29, 0.717) is 18.7 Å². The lowest BCUT2D eigenvalue weighted by Crippen LogP contribution is -2.38. The van der Waals surface area contributed by atoms with Gasteiger partial charge in [0.2, 0.25) is 0 Å². The second kappa shape index (κ2) is 5.85. The van der Waals surface area contributed by atoms with Gasteiger partial charge in [0.25, 0.3) is 11.5 Å². The predicted octanol–water partition coefficient (Wildman–Crippen LogP) is 2.05. The lowest BCUT2D eigenvalue weighted by Gasteiger charge is -2.43. The van der Waals surface area contributed by atoms with Gasteiger partial charge in [0.15, 0.2) is 0 Å². The Balaban J connectivity index is 1.62. The largest absolute Gasteiger partial charge is 0.336 e. The van der Waals surface area contributed by atoms with Gasteiger partial charge in [-0.2, -0.15) is 5.26 Å². The van der Waals surface area contributed by atoms with Crippen molar-refractivity contribution in [3.05, 3.63) is 63.8 Å². The molecule has 1 aliphatic carbocycles. The number of nitrogens with one attached hydrogen (secondary N) is 1. The topological polar surface area (TPSA) is 89.8 Å². The Kier molecular flexibility index (Phi) is 3.65. The van der Waals surface area contributed by atoms with E-state index in [1.54, 1.807) is 0 Å². The first-order valence-corrected chi connectivity index (χ1v) is 8.45. The van der Waals surface area contributed by atoms with Gasteiger partial charge in [-0.05, 0) is 36.0 Å². The highest BCUT2D eigenvalue weighted by atomic mass is 16.2. The molecule has 0 radical (unpaired) electrons. The zero-order valence-electron chi connectivity index (χ0n) is 13.7. The number of hydrogen-bond acceptors (Lipinski definition) is 4. The maximum absolute atomic E-state index is 12.8. The van der Waals surface area contributed by atoms with Crippen LogP contribution in [0.25, 0.3) is 0 Å². The van der Waals surface area contributed by atoms with E-state index in [2.05, 4.69) is 16.0 Å². The Morgan fingerprint density at radius 2 is 2.04 bits per heavy atom. The van der Waals surface area contributed by atoms with Crippen molar-refractivity contribution in [3.8, 4) is 6.07 Å². The van der Waals surface area contributed by atoms with Crippen LogP contribution in [0.5, 0.6) is 0 Å². The number of carbonyl (C=O) groups excluding carboxylic acids is 1. The molecule has 2 fully saturated rings. The SMILES string of the molecule is N#Cc1ccc([C@@H]2CN(C(=O)c3cncc(=O)[nH]3)CC23CCC3)cc1. The van der Waals surface area contributed by atoms with Crippen LogP contribution in [0.3, 0.4) is 0 Å². The normalized spacial score (nSPS) is 20.9. The average molecular weight is 334 g/mol. The minimum atomic E-state index is -0.368. The number of nitrogens with zero attached hydrogens (tertiary/aromatic N) is 3. The summed E-state index contributed by atoms with van der Waals surface area (Å²) in [5.74, 6) is 0.0916. The summed E-state index contributed by atoms with van der Waals surface area (Å²) in [5, 5.41) is 8.98. The van der Waals surface area contributed by atoms with E-state index in [1.165, 1.54) is 18.2 Å². The van der Waals surface area contributed by atoms with Crippen molar-refractivity contribution in [3.63, 3.8) is 0 Å². The van der Waals surface area contributed by atoms with E-state index < -0.39 is 0 Å². The summed E-state index contributed by atoms with van der Waals surface area (Å²) in [6.07, 6.45) is 5.95. The Hall–Kier alpha value is -2.94. The second-order valence-corrected chi connectivity index (χ2v) is 7.00. The minimum Gasteiger partial charge on any atom is -0.336 e. The number of hydrogen-bond donors (Lipinski definition) is 1. The summed E-state index contributed by atoms with van der Waals surface area (Å²) < 4.78 is 0. The van der Waals surface area contributed by atoms with Gasteiger partial charge in [-0.25, -0.2) is 0 Å². The lowest BCUT2D eigenvalue weighted by molar-refractivity contribution is 0.0719. The third kappa shape index (κ3) is 2.62. The van der Waals surface area contributed by atoms with E-state index in [0.717, 1.165) is 19.0 Å². The van der Waals surface area contributed by atoms with Gasteiger partial charge < -0.3 is 9.88 Å². The molecule has 1 saturated heterocycles. The zero-order valence-corrected chi connectivity index (χ0v) is 13.7. The van der Waals surface area contributed by atoms with E-state index in [-0.39, 0.29) is 28.5 Å². The fraction of sp³-hybridized carbons (Fsp3) is 0.368. The fourth-order valence-electron chi connectivity index (χ4n) is 4.17. The number of aromatic nitrogens is 2. The van der Waals surface area contributed by atoms with Crippen molar-refractivity contribution in [2.45, 2.75) is 25.2 Å². The highest BCUT2D eigenvalue weighted by Crippen LogP contribution is 2.55. The summed E-state index contributed by atoms with van der Waals surface area (Å²) in [5.41, 5.74) is 1.81. The van der Waals surface area contributed by atoms with Gasteiger partial charge in [0.1, 0.15) is 5.69 Å². The highest BCUT2D eigenvalue weighted by Gasteiger charge is 2.52. The maximum Gasteiger partial charge on any atom is 0.272 e. The first kappa shape index (κ1) is 15.6. The zero-order chi connectivity index (χ0) is 17.4.